The fourth-order valence-electron chi connectivity index (χ4n) is 5.85. The van der Waals surface area contributed by atoms with Gasteiger partial charge in [-0.25, -0.2) is 0 Å². The number of hydrogen-bond acceptors (Lipinski definition) is 2. The second kappa shape index (κ2) is 27.7. The van der Waals surface area contributed by atoms with Crippen LogP contribution in [0.5, 0.6) is 0 Å². The average Bonchev–Trinajstić information content (AvgIpc) is 2.94. The summed E-state index contributed by atoms with van der Waals surface area (Å²) in [6.45, 7) is 4.57. The molecule has 1 rings (SSSR count). The molecule has 1 aromatic carbocycles. The maximum atomic E-state index is 10.0. The molecule has 0 radical (unpaired) electrons. The van der Waals surface area contributed by atoms with E-state index in [1.54, 1.807) is 0 Å². The minimum atomic E-state index is -3.32. The standard InChI is InChI=1S/C36H67O2PS2/c1-3-5-7-9-11-13-15-17-19-21-23-25-27-29-34-31-32-35(36(33-34)41-39(37,38)40)30-28-26-24-22-20-18-16-14-12-10-8-6-4-2/h31-33H,3-30H2,1-2H3,(H2,37,38,40). The molecule has 0 saturated heterocycles. The van der Waals surface area contributed by atoms with Crippen molar-refractivity contribution in [1.82, 2.24) is 0 Å². The van der Waals surface area contributed by atoms with Crippen molar-refractivity contribution in [3.05, 3.63) is 29.3 Å². The highest BCUT2D eigenvalue weighted by Gasteiger charge is 2.14. The summed E-state index contributed by atoms with van der Waals surface area (Å²) in [5.74, 6) is 0. The van der Waals surface area contributed by atoms with Crippen molar-refractivity contribution >= 4 is 28.9 Å². The average molecular weight is 627 g/mol. The Balaban J connectivity index is 2.19. The molecule has 0 fully saturated rings. The Bertz CT molecular complexity index is 764. The maximum absolute atomic E-state index is 10.0. The number of unbranched alkanes of at least 4 members (excludes halogenated alkanes) is 24. The number of benzene rings is 1. The van der Waals surface area contributed by atoms with Gasteiger partial charge >= 0.3 is 0 Å². The number of rotatable bonds is 30. The van der Waals surface area contributed by atoms with Crippen LogP contribution >= 0.6 is 17.1 Å². The van der Waals surface area contributed by atoms with Crippen LogP contribution in [0.2, 0.25) is 0 Å². The zero-order valence-corrected chi connectivity index (χ0v) is 29.7. The molecule has 0 aliphatic carbocycles. The van der Waals surface area contributed by atoms with E-state index < -0.39 is 5.69 Å². The third kappa shape index (κ3) is 25.2. The molecule has 0 unspecified atom stereocenters. The van der Waals surface area contributed by atoms with Crippen molar-refractivity contribution in [2.45, 2.75) is 199 Å². The van der Waals surface area contributed by atoms with E-state index in [2.05, 4.69) is 32.0 Å². The fraction of sp³-hybridized carbons (Fsp3) is 0.833. The summed E-state index contributed by atoms with van der Waals surface area (Å²) in [6.07, 6.45) is 37.7. The maximum Gasteiger partial charge on any atom is 0.246 e. The van der Waals surface area contributed by atoms with Gasteiger partial charge in [0.25, 0.3) is 0 Å². The van der Waals surface area contributed by atoms with Gasteiger partial charge in [0.2, 0.25) is 5.69 Å². The molecule has 1 aromatic rings. The Morgan fingerprint density at radius 3 is 1.22 bits per heavy atom. The molecule has 0 aliphatic heterocycles. The van der Waals surface area contributed by atoms with Crippen LogP contribution in [0.25, 0.3) is 0 Å². The molecule has 0 amide bonds. The lowest BCUT2D eigenvalue weighted by atomic mass is 10.00. The van der Waals surface area contributed by atoms with Gasteiger partial charge < -0.3 is 9.79 Å². The molecular formula is C36H67O2PS2. The third-order valence-corrected chi connectivity index (χ3v) is 11.3. The van der Waals surface area contributed by atoms with E-state index in [-0.39, 0.29) is 0 Å². The second-order valence-electron chi connectivity index (χ2n) is 12.5. The van der Waals surface area contributed by atoms with E-state index in [9.17, 15) is 9.79 Å². The van der Waals surface area contributed by atoms with Crippen LogP contribution in [0.15, 0.2) is 23.1 Å². The van der Waals surface area contributed by atoms with Gasteiger partial charge in [0.1, 0.15) is 0 Å². The molecule has 240 valence electrons. The van der Waals surface area contributed by atoms with Crippen LogP contribution in [0.3, 0.4) is 0 Å². The SMILES string of the molecule is CCCCCCCCCCCCCCCc1ccc(CCCCCCCCCCCCCCC)c(SP(O)(O)=S)c1. The quantitative estimate of drug-likeness (QED) is 0.0658. The minimum absolute atomic E-state index is 1.00. The Kier molecular flexibility index (Phi) is 26.4. The van der Waals surface area contributed by atoms with Gasteiger partial charge in [-0.1, -0.05) is 180 Å². The molecule has 41 heavy (non-hydrogen) atoms. The first-order valence-corrected chi connectivity index (χ1v) is 22.0. The molecular weight excluding hydrogens is 560 g/mol. The summed E-state index contributed by atoms with van der Waals surface area (Å²) < 4.78 is 0. The van der Waals surface area contributed by atoms with Crippen LogP contribution < -0.4 is 0 Å². The van der Waals surface area contributed by atoms with Gasteiger partial charge in [-0.2, -0.15) is 0 Å². The third-order valence-electron chi connectivity index (χ3n) is 8.47. The minimum Gasteiger partial charge on any atom is -0.337 e. The number of hydrogen-bond donors (Lipinski definition) is 2. The summed E-state index contributed by atoms with van der Waals surface area (Å²) in [5.41, 5.74) is -0.763. The number of aryl methyl sites for hydroxylation is 2. The molecule has 0 aliphatic rings. The first-order chi connectivity index (χ1) is 20.0. The molecule has 2 nitrogen and oxygen atoms in total. The monoisotopic (exact) mass is 626 g/mol. The highest BCUT2D eigenvalue weighted by molar-refractivity contribution is 8.67. The van der Waals surface area contributed by atoms with E-state index in [4.69, 9.17) is 11.8 Å². The van der Waals surface area contributed by atoms with Crippen molar-refractivity contribution < 1.29 is 9.79 Å². The second-order valence-corrected chi connectivity index (χ2v) is 18.4. The van der Waals surface area contributed by atoms with Gasteiger partial charge in [-0.05, 0) is 66.1 Å². The van der Waals surface area contributed by atoms with Crippen molar-refractivity contribution in [3.63, 3.8) is 0 Å². The van der Waals surface area contributed by atoms with Crippen molar-refractivity contribution in [3.8, 4) is 0 Å². The Morgan fingerprint density at radius 1 is 0.512 bits per heavy atom. The highest BCUT2D eigenvalue weighted by atomic mass is 32.9. The lowest BCUT2D eigenvalue weighted by Crippen LogP contribution is -1.94. The lowest BCUT2D eigenvalue weighted by molar-refractivity contribution is 0.502. The van der Waals surface area contributed by atoms with Crippen molar-refractivity contribution in [2.75, 3.05) is 0 Å². The molecule has 0 saturated carbocycles. The molecule has 0 aromatic heterocycles. The first kappa shape index (κ1) is 39.2. The smallest absolute Gasteiger partial charge is 0.246 e. The van der Waals surface area contributed by atoms with Crippen LogP contribution in [-0.4, -0.2) is 9.79 Å². The van der Waals surface area contributed by atoms with E-state index in [0.29, 0.717) is 0 Å². The zero-order chi connectivity index (χ0) is 29.9. The van der Waals surface area contributed by atoms with Gasteiger partial charge in [0, 0.05) is 4.90 Å². The molecule has 0 atom stereocenters. The summed E-state index contributed by atoms with van der Waals surface area (Å²) in [4.78, 5) is 21.0. The highest BCUT2D eigenvalue weighted by Crippen LogP contribution is 2.56. The molecule has 0 bridgehead atoms. The van der Waals surface area contributed by atoms with E-state index in [1.165, 1.54) is 178 Å². The molecule has 0 spiro atoms. The van der Waals surface area contributed by atoms with Crippen LogP contribution in [-0.2, 0) is 24.6 Å². The van der Waals surface area contributed by atoms with Crippen molar-refractivity contribution in [1.29, 1.82) is 0 Å². The van der Waals surface area contributed by atoms with Crippen LogP contribution in [0.1, 0.15) is 192 Å². The predicted molar refractivity (Wildman–Crippen MR) is 190 cm³/mol. The first-order valence-electron chi connectivity index (χ1n) is 17.8. The summed E-state index contributed by atoms with van der Waals surface area (Å²) in [5, 5.41) is 0. The van der Waals surface area contributed by atoms with Crippen molar-refractivity contribution in [2.24, 2.45) is 0 Å². The lowest BCUT2D eigenvalue weighted by Gasteiger charge is -2.14. The van der Waals surface area contributed by atoms with Gasteiger partial charge in [0.15, 0.2) is 0 Å². The molecule has 2 N–H and O–H groups in total. The van der Waals surface area contributed by atoms with Crippen LogP contribution in [0.4, 0.5) is 0 Å². The Morgan fingerprint density at radius 2 is 0.854 bits per heavy atom. The normalized spacial score (nSPS) is 11.9. The fourth-order valence-corrected chi connectivity index (χ4v) is 8.60. The summed E-state index contributed by atoms with van der Waals surface area (Å²) >= 11 is 6.12. The van der Waals surface area contributed by atoms with Gasteiger partial charge in [-0.3, -0.25) is 0 Å². The Labute approximate surface area is 265 Å². The largest absolute Gasteiger partial charge is 0.337 e. The van der Waals surface area contributed by atoms with E-state index in [0.717, 1.165) is 29.1 Å². The summed E-state index contributed by atoms with van der Waals surface area (Å²) in [7, 11) is 0. The summed E-state index contributed by atoms with van der Waals surface area (Å²) in [6, 6.07) is 6.68. The van der Waals surface area contributed by atoms with Gasteiger partial charge in [-0.15, -0.1) is 0 Å². The zero-order valence-electron chi connectivity index (χ0n) is 27.2. The topological polar surface area (TPSA) is 40.5 Å². The van der Waals surface area contributed by atoms with Gasteiger partial charge in [0.05, 0.1) is 0 Å². The van der Waals surface area contributed by atoms with Crippen LogP contribution in [0, 0.1) is 0 Å². The Hall–Kier alpha value is 0.140. The predicted octanol–water partition coefficient (Wildman–Crippen LogP) is 13.3. The van der Waals surface area contributed by atoms with E-state index >= 15 is 0 Å². The molecule has 0 heterocycles. The van der Waals surface area contributed by atoms with E-state index in [1.807, 2.05) is 0 Å². The molecule has 5 heteroatoms.